The molecule has 0 heterocycles. The van der Waals surface area contributed by atoms with Crippen molar-refractivity contribution in [2.24, 2.45) is 0 Å². The fourth-order valence-corrected chi connectivity index (χ4v) is 1.36. The number of benzene rings is 1. The van der Waals surface area contributed by atoms with Gasteiger partial charge >= 0.3 is 0 Å². The Morgan fingerprint density at radius 2 is 2.18 bits per heavy atom. The maximum Gasteiger partial charge on any atom is 0.251 e. The highest BCUT2D eigenvalue weighted by Gasteiger charge is 2.06. The number of amides is 1. The van der Waals surface area contributed by atoms with E-state index in [9.17, 15) is 9.90 Å². The average Bonchev–Trinajstić information content (AvgIpc) is 2.27. The van der Waals surface area contributed by atoms with Gasteiger partial charge in [-0.1, -0.05) is 0 Å². The van der Waals surface area contributed by atoms with E-state index in [2.05, 4.69) is 5.32 Å². The van der Waals surface area contributed by atoms with Gasteiger partial charge in [-0.3, -0.25) is 4.79 Å². The third-order valence-electron chi connectivity index (χ3n) is 2.30. The molecule has 0 aliphatic heterocycles. The molecule has 1 aromatic carbocycles. The summed E-state index contributed by atoms with van der Waals surface area (Å²) in [6.07, 6.45) is 0.169. The molecular weight excluding hydrogens is 218 g/mol. The molecule has 94 valence electrons. The number of aromatic hydroxyl groups is 1. The molecule has 0 unspecified atom stereocenters. The van der Waals surface area contributed by atoms with Gasteiger partial charge in [-0.25, -0.2) is 0 Å². The van der Waals surface area contributed by atoms with Gasteiger partial charge in [0.05, 0.1) is 12.7 Å². The molecule has 0 saturated carbocycles. The summed E-state index contributed by atoms with van der Waals surface area (Å²) in [6, 6.07) is 4.78. The second-order valence-electron chi connectivity index (χ2n) is 4.18. The molecule has 0 aliphatic carbocycles. The van der Waals surface area contributed by atoms with E-state index in [0.29, 0.717) is 24.3 Å². The molecule has 0 bridgehead atoms. The number of ether oxygens (including phenoxy) is 1. The lowest BCUT2D eigenvalue weighted by Crippen LogP contribution is -2.28. The molecule has 4 heteroatoms. The molecular formula is C13H19NO3. The van der Waals surface area contributed by atoms with Crippen molar-refractivity contribution in [3.05, 3.63) is 29.3 Å². The van der Waals surface area contributed by atoms with Crippen LogP contribution in [0.3, 0.4) is 0 Å². The number of rotatable bonds is 5. The van der Waals surface area contributed by atoms with Crippen molar-refractivity contribution in [1.29, 1.82) is 0 Å². The summed E-state index contributed by atoms with van der Waals surface area (Å²) in [7, 11) is 0. The highest BCUT2D eigenvalue weighted by molar-refractivity contribution is 5.94. The van der Waals surface area contributed by atoms with E-state index in [1.165, 1.54) is 6.07 Å². The fourth-order valence-electron chi connectivity index (χ4n) is 1.36. The Balaban J connectivity index is 2.44. The maximum absolute atomic E-state index is 11.7. The Morgan fingerprint density at radius 1 is 1.47 bits per heavy atom. The van der Waals surface area contributed by atoms with Gasteiger partial charge in [0.25, 0.3) is 5.91 Å². The predicted octanol–water partition coefficient (Wildman–Crippen LogP) is 1.86. The van der Waals surface area contributed by atoms with Gasteiger partial charge in [-0.05, 0) is 44.5 Å². The lowest BCUT2D eigenvalue weighted by Gasteiger charge is -2.09. The molecule has 0 atom stereocenters. The van der Waals surface area contributed by atoms with E-state index in [1.807, 2.05) is 13.8 Å². The van der Waals surface area contributed by atoms with Crippen LogP contribution in [0.25, 0.3) is 0 Å². The van der Waals surface area contributed by atoms with Crippen molar-refractivity contribution in [2.45, 2.75) is 26.9 Å². The number of nitrogens with one attached hydrogen (secondary N) is 1. The molecule has 2 N–H and O–H groups in total. The number of carbonyl (C=O) groups is 1. The van der Waals surface area contributed by atoms with Crippen molar-refractivity contribution in [1.82, 2.24) is 5.32 Å². The van der Waals surface area contributed by atoms with Gasteiger partial charge in [0.1, 0.15) is 5.75 Å². The molecule has 0 spiro atoms. The smallest absolute Gasteiger partial charge is 0.251 e. The van der Waals surface area contributed by atoms with E-state index < -0.39 is 0 Å². The monoisotopic (exact) mass is 237 g/mol. The van der Waals surface area contributed by atoms with Gasteiger partial charge < -0.3 is 15.2 Å². The van der Waals surface area contributed by atoms with Crippen LogP contribution in [0.5, 0.6) is 5.75 Å². The van der Waals surface area contributed by atoms with Gasteiger partial charge in [0.2, 0.25) is 0 Å². The van der Waals surface area contributed by atoms with Crippen LogP contribution in [0.15, 0.2) is 18.2 Å². The van der Waals surface area contributed by atoms with Crippen LogP contribution >= 0.6 is 0 Å². The summed E-state index contributed by atoms with van der Waals surface area (Å²) < 4.78 is 5.32. The zero-order valence-corrected chi connectivity index (χ0v) is 10.5. The fraction of sp³-hybridized carbons (Fsp3) is 0.462. The van der Waals surface area contributed by atoms with Crippen LogP contribution in [-0.4, -0.2) is 30.3 Å². The van der Waals surface area contributed by atoms with E-state index in [-0.39, 0.29) is 17.8 Å². The Hall–Kier alpha value is -1.55. The summed E-state index contributed by atoms with van der Waals surface area (Å²) >= 11 is 0. The maximum atomic E-state index is 11.7. The standard InChI is InChI=1S/C13H19NO3/c1-9(2)17-7-6-14-13(16)11-4-5-12(15)10(3)8-11/h4-5,8-9,15H,6-7H2,1-3H3,(H,14,16). The molecule has 0 aromatic heterocycles. The van der Waals surface area contributed by atoms with Crippen molar-refractivity contribution in [2.75, 3.05) is 13.2 Å². The SMILES string of the molecule is Cc1cc(C(=O)NCCOC(C)C)ccc1O. The third kappa shape index (κ3) is 4.44. The molecule has 17 heavy (non-hydrogen) atoms. The van der Waals surface area contributed by atoms with Crippen molar-refractivity contribution < 1.29 is 14.6 Å². The normalized spacial score (nSPS) is 10.6. The van der Waals surface area contributed by atoms with Gasteiger partial charge in [0.15, 0.2) is 0 Å². The lowest BCUT2D eigenvalue weighted by molar-refractivity contribution is 0.0746. The van der Waals surface area contributed by atoms with Crippen LogP contribution in [-0.2, 0) is 4.74 Å². The Bertz CT molecular complexity index is 388. The van der Waals surface area contributed by atoms with Crippen LogP contribution in [0, 0.1) is 6.92 Å². The van der Waals surface area contributed by atoms with E-state index >= 15 is 0 Å². The minimum Gasteiger partial charge on any atom is -0.508 e. The Labute approximate surface area is 102 Å². The Kier molecular flexibility index (Phi) is 4.97. The molecule has 0 radical (unpaired) electrons. The van der Waals surface area contributed by atoms with E-state index in [1.54, 1.807) is 19.1 Å². The number of hydrogen-bond acceptors (Lipinski definition) is 3. The Morgan fingerprint density at radius 3 is 2.76 bits per heavy atom. The largest absolute Gasteiger partial charge is 0.508 e. The summed E-state index contributed by atoms with van der Waals surface area (Å²) in [6.45, 7) is 6.64. The molecule has 0 aliphatic rings. The zero-order chi connectivity index (χ0) is 12.8. The van der Waals surface area contributed by atoms with Crippen LogP contribution in [0.2, 0.25) is 0 Å². The first-order valence-electron chi connectivity index (χ1n) is 5.70. The van der Waals surface area contributed by atoms with Gasteiger partial charge in [-0.2, -0.15) is 0 Å². The number of phenolic OH excluding ortho intramolecular Hbond substituents is 1. The zero-order valence-electron chi connectivity index (χ0n) is 10.5. The van der Waals surface area contributed by atoms with Crippen LogP contribution in [0.1, 0.15) is 29.8 Å². The van der Waals surface area contributed by atoms with Crippen molar-refractivity contribution >= 4 is 5.91 Å². The second kappa shape index (κ2) is 6.25. The average molecular weight is 237 g/mol. The van der Waals surface area contributed by atoms with Crippen molar-refractivity contribution in [3.8, 4) is 5.75 Å². The minimum absolute atomic E-state index is 0.152. The van der Waals surface area contributed by atoms with Gasteiger partial charge in [0, 0.05) is 12.1 Å². The molecule has 0 fully saturated rings. The molecule has 1 aromatic rings. The van der Waals surface area contributed by atoms with Gasteiger partial charge in [-0.15, -0.1) is 0 Å². The first kappa shape index (κ1) is 13.5. The number of aryl methyl sites for hydroxylation is 1. The number of carbonyl (C=O) groups excluding carboxylic acids is 1. The lowest BCUT2D eigenvalue weighted by atomic mass is 10.1. The number of hydrogen-bond donors (Lipinski definition) is 2. The third-order valence-corrected chi connectivity index (χ3v) is 2.30. The highest BCUT2D eigenvalue weighted by atomic mass is 16.5. The topological polar surface area (TPSA) is 58.6 Å². The molecule has 1 rings (SSSR count). The van der Waals surface area contributed by atoms with Crippen LogP contribution in [0.4, 0.5) is 0 Å². The van der Waals surface area contributed by atoms with Crippen LogP contribution < -0.4 is 5.32 Å². The minimum atomic E-state index is -0.152. The number of phenols is 1. The summed E-state index contributed by atoms with van der Waals surface area (Å²) in [4.78, 5) is 11.7. The molecule has 0 saturated heterocycles. The summed E-state index contributed by atoms with van der Waals surface area (Å²) in [5.74, 6) is 0.0464. The molecule has 1 amide bonds. The predicted molar refractivity (Wildman–Crippen MR) is 66.3 cm³/mol. The summed E-state index contributed by atoms with van der Waals surface area (Å²) in [5.41, 5.74) is 1.24. The van der Waals surface area contributed by atoms with Crippen molar-refractivity contribution in [3.63, 3.8) is 0 Å². The quantitative estimate of drug-likeness (QED) is 0.768. The van der Waals surface area contributed by atoms with E-state index in [0.717, 1.165) is 0 Å². The summed E-state index contributed by atoms with van der Waals surface area (Å²) in [5, 5.41) is 12.1. The second-order valence-corrected chi connectivity index (χ2v) is 4.18. The first-order valence-corrected chi connectivity index (χ1v) is 5.70. The van der Waals surface area contributed by atoms with E-state index in [4.69, 9.17) is 4.74 Å². The first-order chi connectivity index (χ1) is 8.00. The highest BCUT2D eigenvalue weighted by Crippen LogP contribution is 2.16. The molecule has 4 nitrogen and oxygen atoms in total.